The standard InChI is InChI=1S/C17H20N2O5/c1-2-15(20)16(18)11-5-9-14(10-6-11)24-17(21)12-3-7-13(8-4-12)19(22)23/h3-4,7-8,11,14,18H,2,5-6,9-10H2,1H3. The van der Waals surface area contributed by atoms with Crippen LogP contribution in [0.3, 0.4) is 0 Å². The molecule has 0 heterocycles. The van der Waals surface area contributed by atoms with Crippen molar-refractivity contribution in [1.82, 2.24) is 0 Å². The Kier molecular flexibility index (Phi) is 5.78. The van der Waals surface area contributed by atoms with Gasteiger partial charge in [-0.15, -0.1) is 0 Å². The maximum Gasteiger partial charge on any atom is 0.338 e. The summed E-state index contributed by atoms with van der Waals surface area (Å²) in [5.74, 6) is -0.679. The fourth-order valence-corrected chi connectivity index (χ4v) is 2.83. The summed E-state index contributed by atoms with van der Waals surface area (Å²) < 4.78 is 5.43. The molecule has 1 saturated carbocycles. The van der Waals surface area contributed by atoms with Crippen LogP contribution in [0.2, 0.25) is 0 Å². The van der Waals surface area contributed by atoms with Gasteiger partial charge in [-0.2, -0.15) is 0 Å². The number of ketones is 1. The first-order valence-electron chi connectivity index (χ1n) is 7.99. The summed E-state index contributed by atoms with van der Waals surface area (Å²) >= 11 is 0. The number of nitrogens with one attached hydrogen (secondary N) is 1. The Labute approximate surface area is 139 Å². The summed E-state index contributed by atoms with van der Waals surface area (Å²) in [5.41, 5.74) is 0.375. The second kappa shape index (κ2) is 7.81. The largest absolute Gasteiger partial charge is 0.459 e. The highest BCUT2D eigenvalue weighted by atomic mass is 16.6. The van der Waals surface area contributed by atoms with E-state index in [0.29, 0.717) is 32.1 Å². The van der Waals surface area contributed by atoms with Crippen LogP contribution in [-0.2, 0) is 9.53 Å². The molecule has 0 bridgehead atoms. The van der Waals surface area contributed by atoms with E-state index in [2.05, 4.69) is 0 Å². The van der Waals surface area contributed by atoms with E-state index in [1.807, 2.05) is 0 Å². The lowest BCUT2D eigenvalue weighted by Gasteiger charge is -2.28. The minimum Gasteiger partial charge on any atom is -0.459 e. The molecular formula is C17H20N2O5. The Hall–Kier alpha value is -2.57. The maximum absolute atomic E-state index is 12.1. The van der Waals surface area contributed by atoms with E-state index in [9.17, 15) is 19.7 Å². The molecule has 1 aromatic carbocycles. The Morgan fingerprint density at radius 1 is 1.21 bits per heavy atom. The predicted molar refractivity (Wildman–Crippen MR) is 87.3 cm³/mol. The van der Waals surface area contributed by atoms with E-state index in [-0.39, 0.29) is 34.8 Å². The molecule has 0 aliphatic heterocycles. The SMILES string of the molecule is CCC(=O)C(=N)C1CCC(OC(=O)c2ccc([N+](=O)[O-])cc2)CC1. The number of hydrogen-bond acceptors (Lipinski definition) is 6. The number of nitro groups is 1. The molecule has 24 heavy (non-hydrogen) atoms. The Morgan fingerprint density at radius 3 is 2.29 bits per heavy atom. The van der Waals surface area contributed by atoms with Crippen molar-refractivity contribution in [2.24, 2.45) is 5.92 Å². The van der Waals surface area contributed by atoms with Crippen LogP contribution < -0.4 is 0 Å². The Bertz CT molecular complexity index is 645. The lowest BCUT2D eigenvalue weighted by molar-refractivity contribution is -0.384. The van der Waals surface area contributed by atoms with E-state index in [1.54, 1.807) is 6.92 Å². The van der Waals surface area contributed by atoms with Gasteiger partial charge in [-0.3, -0.25) is 14.9 Å². The lowest BCUT2D eigenvalue weighted by Crippen LogP contribution is -2.30. The molecule has 0 spiro atoms. The topological polar surface area (TPSA) is 110 Å². The monoisotopic (exact) mass is 332 g/mol. The quantitative estimate of drug-likeness (QED) is 0.372. The van der Waals surface area contributed by atoms with Gasteiger partial charge in [0.05, 0.1) is 16.2 Å². The van der Waals surface area contributed by atoms with Gasteiger partial charge in [0.2, 0.25) is 0 Å². The zero-order valence-corrected chi connectivity index (χ0v) is 13.5. The number of nitrogens with zero attached hydrogens (tertiary/aromatic N) is 1. The third kappa shape index (κ3) is 4.24. The number of Topliss-reactive ketones (excluding diaryl/α,β-unsaturated/α-hetero) is 1. The van der Waals surface area contributed by atoms with Crippen molar-refractivity contribution in [3.8, 4) is 0 Å². The van der Waals surface area contributed by atoms with Gasteiger partial charge < -0.3 is 10.1 Å². The molecule has 1 aliphatic rings. The fourth-order valence-electron chi connectivity index (χ4n) is 2.83. The third-order valence-electron chi connectivity index (χ3n) is 4.29. The van der Waals surface area contributed by atoms with Crippen molar-refractivity contribution < 1.29 is 19.2 Å². The van der Waals surface area contributed by atoms with Crippen molar-refractivity contribution >= 4 is 23.2 Å². The van der Waals surface area contributed by atoms with E-state index < -0.39 is 10.9 Å². The van der Waals surface area contributed by atoms with Gasteiger partial charge in [-0.1, -0.05) is 6.92 Å². The summed E-state index contributed by atoms with van der Waals surface area (Å²) in [4.78, 5) is 33.7. The number of esters is 1. The van der Waals surface area contributed by atoms with Crippen LogP contribution in [-0.4, -0.2) is 28.5 Å². The molecule has 2 rings (SSSR count). The summed E-state index contributed by atoms with van der Waals surface area (Å²) in [7, 11) is 0. The highest BCUT2D eigenvalue weighted by Gasteiger charge is 2.28. The van der Waals surface area contributed by atoms with Gasteiger partial charge >= 0.3 is 5.97 Å². The lowest BCUT2D eigenvalue weighted by atomic mass is 9.82. The van der Waals surface area contributed by atoms with Crippen LogP contribution in [0.1, 0.15) is 49.4 Å². The molecule has 7 nitrogen and oxygen atoms in total. The van der Waals surface area contributed by atoms with Crippen LogP contribution in [0.5, 0.6) is 0 Å². The average Bonchev–Trinajstić information content (AvgIpc) is 2.61. The smallest absolute Gasteiger partial charge is 0.338 e. The minimum atomic E-state index is -0.525. The first-order valence-corrected chi connectivity index (χ1v) is 7.99. The third-order valence-corrected chi connectivity index (χ3v) is 4.29. The molecular weight excluding hydrogens is 312 g/mol. The molecule has 0 saturated heterocycles. The van der Waals surface area contributed by atoms with Gasteiger partial charge in [0.1, 0.15) is 6.10 Å². The molecule has 0 radical (unpaired) electrons. The molecule has 1 aliphatic carbocycles. The highest BCUT2D eigenvalue weighted by Crippen LogP contribution is 2.28. The van der Waals surface area contributed by atoms with E-state index in [0.717, 1.165) is 0 Å². The van der Waals surface area contributed by atoms with Crippen LogP contribution >= 0.6 is 0 Å². The highest BCUT2D eigenvalue weighted by molar-refractivity contribution is 6.39. The van der Waals surface area contributed by atoms with Gasteiger partial charge in [0, 0.05) is 24.5 Å². The zero-order valence-electron chi connectivity index (χ0n) is 13.5. The number of ether oxygens (including phenoxy) is 1. The second-order valence-corrected chi connectivity index (χ2v) is 5.87. The second-order valence-electron chi connectivity index (χ2n) is 5.87. The Morgan fingerprint density at radius 2 is 1.79 bits per heavy atom. The van der Waals surface area contributed by atoms with Crippen molar-refractivity contribution in [2.75, 3.05) is 0 Å². The van der Waals surface area contributed by atoms with Crippen LogP contribution in [0.4, 0.5) is 5.69 Å². The molecule has 0 aromatic heterocycles. The summed E-state index contributed by atoms with van der Waals surface area (Å²) in [6.45, 7) is 1.74. The molecule has 128 valence electrons. The van der Waals surface area contributed by atoms with Crippen molar-refractivity contribution in [2.45, 2.75) is 45.1 Å². The molecule has 0 atom stereocenters. The molecule has 1 N–H and O–H groups in total. The number of carbonyl (C=O) groups is 2. The molecule has 7 heteroatoms. The Balaban J connectivity index is 1.87. The number of benzene rings is 1. The number of rotatable bonds is 6. The maximum atomic E-state index is 12.1. The molecule has 0 unspecified atom stereocenters. The fraction of sp³-hybridized carbons (Fsp3) is 0.471. The first kappa shape index (κ1) is 17.8. The number of non-ortho nitro benzene ring substituents is 1. The molecule has 1 fully saturated rings. The summed E-state index contributed by atoms with van der Waals surface area (Å²) in [6, 6.07) is 5.29. The molecule has 0 amide bonds. The summed E-state index contributed by atoms with van der Waals surface area (Å²) in [6.07, 6.45) is 2.64. The minimum absolute atomic E-state index is 0.0493. The van der Waals surface area contributed by atoms with Crippen molar-refractivity contribution in [3.63, 3.8) is 0 Å². The van der Waals surface area contributed by atoms with E-state index in [4.69, 9.17) is 10.1 Å². The number of carbonyl (C=O) groups excluding carboxylic acids is 2. The summed E-state index contributed by atoms with van der Waals surface area (Å²) in [5, 5.41) is 18.5. The number of hydrogen-bond donors (Lipinski definition) is 1. The predicted octanol–water partition coefficient (Wildman–Crippen LogP) is 3.31. The normalized spacial score (nSPS) is 20.2. The van der Waals surface area contributed by atoms with Crippen LogP contribution in [0, 0.1) is 21.4 Å². The van der Waals surface area contributed by atoms with Gasteiger partial charge in [0.25, 0.3) is 5.69 Å². The van der Waals surface area contributed by atoms with Crippen LogP contribution in [0.15, 0.2) is 24.3 Å². The van der Waals surface area contributed by atoms with Gasteiger partial charge in [0.15, 0.2) is 5.78 Å². The van der Waals surface area contributed by atoms with E-state index >= 15 is 0 Å². The zero-order chi connectivity index (χ0) is 17.7. The first-order chi connectivity index (χ1) is 11.4. The van der Waals surface area contributed by atoms with Crippen LogP contribution in [0.25, 0.3) is 0 Å². The van der Waals surface area contributed by atoms with Crippen molar-refractivity contribution in [1.29, 1.82) is 5.41 Å². The van der Waals surface area contributed by atoms with Gasteiger partial charge in [-0.25, -0.2) is 4.79 Å². The average molecular weight is 332 g/mol. The van der Waals surface area contributed by atoms with Gasteiger partial charge in [-0.05, 0) is 37.8 Å². The van der Waals surface area contributed by atoms with Crippen molar-refractivity contribution in [3.05, 3.63) is 39.9 Å². The molecule has 1 aromatic rings. The number of nitro benzene ring substituents is 1. The van der Waals surface area contributed by atoms with E-state index in [1.165, 1.54) is 24.3 Å².